The number of benzene rings is 4. The molecule has 0 unspecified atom stereocenters. The van der Waals surface area contributed by atoms with E-state index in [1.165, 1.54) is 16.5 Å². The summed E-state index contributed by atoms with van der Waals surface area (Å²) >= 11 is 0. The average molecular weight is 567 g/mol. The van der Waals surface area contributed by atoms with Gasteiger partial charge in [0.05, 0.1) is 16.1 Å². The van der Waals surface area contributed by atoms with Crippen LogP contribution in [0.25, 0.3) is 33.7 Å². The highest BCUT2D eigenvalue weighted by Gasteiger charge is 2.36. The van der Waals surface area contributed by atoms with Crippen LogP contribution in [0.1, 0.15) is 27.9 Å². The molecule has 0 spiro atoms. The summed E-state index contributed by atoms with van der Waals surface area (Å²) in [6, 6.07) is 38.4. The lowest BCUT2D eigenvalue weighted by Gasteiger charge is -2.17. The number of para-hydroxylation sites is 1. The molecule has 0 aliphatic heterocycles. The summed E-state index contributed by atoms with van der Waals surface area (Å²) in [5.41, 5.74) is 10.2. The van der Waals surface area contributed by atoms with E-state index in [9.17, 15) is 10.1 Å². The molecule has 0 radical (unpaired) electrons. The van der Waals surface area contributed by atoms with Crippen LogP contribution in [0, 0.1) is 20.4 Å². The minimum absolute atomic E-state index is 0.0873. The first-order chi connectivity index (χ1) is 19.6. The SMILES string of the molecule is C[n+]1c2c(cc3ccccc31)C(c1ccccc1)=C(c1ccccc1)C2=Cc1ccc([N+](=O)[O-])cc1.[O-][Cl+3]([O-])([O-])[O-]. The van der Waals surface area contributed by atoms with Crippen LogP contribution in [0.3, 0.4) is 0 Å². The van der Waals surface area contributed by atoms with E-state index in [-0.39, 0.29) is 10.6 Å². The summed E-state index contributed by atoms with van der Waals surface area (Å²) in [6.07, 6.45) is 2.15. The minimum Gasteiger partial charge on any atom is -0.258 e. The second kappa shape index (κ2) is 11.4. The van der Waals surface area contributed by atoms with Gasteiger partial charge in [-0.15, -0.1) is 10.2 Å². The van der Waals surface area contributed by atoms with Crippen molar-refractivity contribution in [2.24, 2.45) is 7.05 Å². The molecular formula is C32H23ClN2O6. The Bertz CT molecular complexity index is 1790. The number of aryl methyl sites for hydroxylation is 1. The molecule has 1 aliphatic rings. The number of allylic oxidation sites excluding steroid dienone is 2. The van der Waals surface area contributed by atoms with Gasteiger partial charge in [0.2, 0.25) is 11.2 Å². The van der Waals surface area contributed by atoms with Crippen molar-refractivity contribution in [3.8, 4) is 0 Å². The standard InChI is InChI=1S/C32H23N2O2.ClHO4/c1-33-29-15-9-8-14-25(29)21-28-31(24-12-6-3-7-13-24)30(23-10-4-2-5-11-23)27(32(28)33)20-22-16-18-26(19-17-22)34(35)36;2-1(3,4)5/h2-21H,1H3;(H,2,3,4,5)/q+1;/p-1. The zero-order valence-electron chi connectivity index (χ0n) is 21.8. The van der Waals surface area contributed by atoms with Crippen LogP contribution in [0.4, 0.5) is 5.69 Å². The van der Waals surface area contributed by atoms with Crippen molar-refractivity contribution in [1.82, 2.24) is 0 Å². The quantitative estimate of drug-likeness (QED) is 0.186. The highest BCUT2D eigenvalue weighted by atomic mass is 35.7. The summed E-state index contributed by atoms with van der Waals surface area (Å²) in [7, 11) is -2.83. The molecule has 0 saturated heterocycles. The van der Waals surface area contributed by atoms with E-state index in [2.05, 4.69) is 96.6 Å². The lowest BCUT2D eigenvalue weighted by Crippen LogP contribution is -2.68. The molecule has 41 heavy (non-hydrogen) atoms. The predicted molar refractivity (Wildman–Crippen MR) is 145 cm³/mol. The predicted octanol–water partition coefficient (Wildman–Crippen LogP) is 2.33. The Morgan fingerprint density at radius 2 is 1.22 bits per heavy atom. The van der Waals surface area contributed by atoms with E-state index in [4.69, 9.17) is 18.6 Å². The lowest BCUT2D eigenvalue weighted by atomic mass is 9.92. The number of nitro benzene ring substituents is 1. The van der Waals surface area contributed by atoms with Gasteiger partial charge < -0.3 is 0 Å². The lowest BCUT2D eigenvalue weighted by molar-refractivity contribution is -2.00. The molecule has 8 nitrogen and oxygen atoms in total. The molecule has 0 bridgehead atoms. The summed E-state index contributed by atoms with van der Waals surface area (Å²) in [4.78, 5) is 10.8. The number of nitrogens with zero attached hydrogens (tertiary/aromatic N) is 2. The zero-order valence-corrected chi connectivity index (χ0v) is 22.5. The van der Waals surface area contributed by atoms with Gasteiger partial charge in [-0.1, -0.05) is 72.8 Å². The molecule has 0 atom stereocenters. The Morgan fingerprint density at radius 3 is 1.78 bits per heavy atom. The molecule has 1 aromatic heterocycles. The normalized spacial score (nSPS) is 13.6. The molecule has 9 heteroatoms. The van der Waals surface area contributed by atoms with E-state index >= 15 is 0 Å². The van der Waals surface area contributed by atoms with E-state index in [0.29, 0.717) is 0 Å². The van der Waals surface area contributed by atoms with E-state index < -0.39 is 10.2 Å². The third kappa shape index (κ3) is 6.07. The summed E-state index contributed by atoms with van der Waals surface area (Å²) in [5, 5.41) is 12.4. The third-order valence-corrected chi connectivity index (χ3v) is 6.77. The van der Waals surface area contributed by atoms with Crippen LogP contribution in [0.2, 0.25) is 0 Å². The number of non-ortho nitro benzene ring substituents is 1. The monoisotopic (exact) mass is 566 g/mol. The van der Waals surface area contributed by atoms with E-state index in [1.807, 2.05) is 24.3 Å². The van der Waals surface area contributed by atoms with Crippen LogP contribution in [0.5, 0.6) is 0 Å². The summed E-state index contributed by atoms with van der Waals surface area (Å²) < 4.78 is 36.2. The number of rotatable bonds is 4. The molecule has 1 heterocycles. The molecule has 0 N–H and O–H groups in total. The smallest absolute Gasteiger partial charge is 0.258 e. The molecule has 204 valence electrons. The number of hydrogen-bond acceptors (Lipinski definition) is 6. The van der Waals surface area contributed by atoms with Crippen molar-refractivity contribution in [1.29, 1.82) is 0 Å². The zero-order chi connectivity index (χ0) is 29.1. The number of aromatic nitrogens is 1. The Hall–Kier alpha value is -4.70. The highest BCUT2D eigenvalue weighted by Crippen LogP contribution is 2.49. The Morgan fingerprint density at radius 1 is 0.707 bits per heavy atom. The number of fused-ring (bicyclic) bond motifs is 2. The fraction of sp³-hybridized carbons (Fsp3) is 0.0312. The molecule has 5 aromatic rings. The number of halogens is 1. The van der Waals surface area contributed by atoms with Gasteiger partial charge in [-0.3, -0.25) is 10.1 Å². The first-order valence-electron chi connectivity index (χ1n) is 12.5. The number of pyridine rings is 1. The van der Waals surface area contributed by atoms with Gasteiger partial charge >= 0.3 is 0 Å². The summed E-state index contributed by atoms with van der Waals surface area (Å²) in [5.74, 6) is 0. The van der Waals surface area contributed by atoms with Gasteiger partial charge in [0, 0.05) is 34.7 Å². The molecular weight excluding hydrogens is 544 g/mol. The second-order valence-electron chi connectivity index (χ2n) is 9.29. The molecule has 0 saturated carbocycles. The van der Waals surface area contributed by atoms with Crippen molar-refractivity contribution >= 4 is 39.4 Å². The van der Waals surface area contributed by atoms with Crippen LogP contribution < -0.4 is 23.2 Å². The second-order valence-corrected chi connectivity index (χ2v) is 10.0. The van der Waals surface area contributed by atoms with Crippen molar-refractivity contribution in [2.45, 2.75) is 0 Å². The Kier molecular flexibility index (Phi) is 7.76. The van der Waals surface area contributed by atoms with Gasteiger partial charge in [0.1, 0.15) is 7.05 Å². The van der Waals surface area contributed by atoms with Crippen molar-refractivity contribution in [3.05, 3.63) is 153 Å². The van der Waals surface area contributed by atoms with Gasteiger partial charge in [-0.2, -0.15) is 4.57 Å². The van der Waals surface area contributed by atoms with Crippen LogP contribution in [-0.4, -0.2) is 4.92 Å². The molecule has 0 amide bonds. The van der Waals surface area contributed by atoms with Gasteiger partial charge in [-0.05, 0) is 47.0 Å². The number of nitro groups is 1. The first-order valence-corrected chi connectivity index (χ1v) is 13.7. The summed E-state index contributed by atoms with van der Waals surface area (Å²) in [6.45, 7) is 0. The molecule has 4 aromatic carbocycles. The molecule has 1 aliphatic carbocycles. The Balaban J connectivity index is 0.000000623. The topological polar surface area (TPSA) is 139 Å². The Labute approximate surface area is 237 Å². The highest BCUT2D eigenvalue weighted by molar-refractivity contribution is 6.26. The number of hydrogen-bond donors (Lipinski definition) is 0. The van der Waals surface area contributed by atoms with Crippen molar-refractivity contribution in [2.75, 3.05) is 0 Å². The third-order valence-electron chi connectivity index (χ3n) is 6.77. The maximum Gasteiger partial charge on any atom is 0.269 e. The van der Waals surface area contributed by atoms with Crippen LogP contribution >= 0.6 is 0 Å². The van der Waals surface area contributed by atoms with Crippen molar-refractivity contribution in [3.63, 3.8) is 0 Å². The van der Waals surface area contributed by atoms with Crippen LogP contribution in [-0.2, 0) is 7.05 Å². The molecule has 6 rings (SSSR count). The minimum atomic E-state index is -4.94. The fourth-order valence-electron chi connectivity index (χ4n) is 5.15. The maximum atomic E-state index is 11.2. The molecule has 0 fully saturated rings. The van der Waals surface area contributed by atoms with E-state index in [1.54, 1.807) is 12.1 Å². The van der Waals surface area contributed by atoms with Gasteiger partial charge in [0.25, 0.3) is 5.69 Å². The van der Waals surface area contributed by atoms with Crippen molar-refractivity contribution < 1.29 is 38.4 Å². The average Bonchev–Trinajstić information content (AvgIpc) is 3.27. The van der Waals surface area contributed by atoms with E-state index in [0.717, 1.165) is 39.0 Å². The maximum absolute atomic E-state index is 11.2. The fourth-order valence-corrected chi connectivity index (χ4v) is 5.15. The first kappa shape index (κ1) is 27.9. The van der Waals surface area contributed by atoms with Gasteiger partial charge in [-0.25, -0.2) is 18.6 Å². The van der Waals surface area contributed by atoms with Gasteiger partial charge in [0.15, 0.2) is 0 Å². The van der Waals surface area contributed by atoms with Crippen LogP contribution in [0.15, 0.2) is 115 Å². The largest absolute Gasteiger partial charge is 0.269 e.